The highest BCUT2D eigenvalue weighted by atomic mass is 35.5. The minimum atomic E-state index is -0.0880. The Morgan fingerprint density at radius 1 is 1.29 bits per heavy atom. The quantitative estimate of drug-likeness (QED) is 0.906. The van der Waals surface area contributed by atoms with Crippen molar-refractivity contribution < 1.29 is 14.3 Å². The molecule has 0 radical (unpaired) electrons. The first-order chi connectivity index (χ1) is 11.5. The summed E-state index contributed by atoms with van der Waals surface area (Å²) in [6.07, 6.45) is 4.77. The van der Waals surface area contributed by atoms with Crippen LogP contribution in [0.25, 0.3) is 0 Å². The summed E-state index contributed by atoms with van der Waals surface area (Å²) in [4.78, 5) is 26.3. The average molecular weight is 351 g/mol. The number of carbonyl (C=O) groups is 2. The van der Waals surface area contributed by atoms with Gasteiger partial charge >= 0.3 is 0 Å². The molecule has 0 saturated heterocycles. The number of amides is 2. The lowest BCUT2D eigenvalue weighted by Crippen LogP contribution is -2.43. The molecule has 1 atom stereocenters. The van der Waals surface area contributed by atoms with Crippen LogP contribution in [-0.2, 0) is 9.59 Å². The third-order valence-corrected chi connectivity index (χ3v) is 4.80. The fourth-order valence-corrected chi connectivity index (χ4v) is 3.54. The molecule has 1 aromatic carbocycles. The van der Waals surface area contributed by atoms with Crippen molar-refractivity contribution in [1.82, 2.24) is 5.32 Å². The predicted molar refractivity (Wildman–Crippen MR) is 93.5 cm³/mol. The van der Waals surface area contributed by atoms with E-state index in [1.807, 2.05) is 6.92 Å². The Morgan fingerprint density at radius 2 is 2.04 bits per heavy atom. The van der Waals surface area contributed by atoms with Crippen LogP contribution in [0.4, 0.5) is 5.69 Å². The van der Waals surface area contributed by atoms with Gasteiger partial charge in [0.2, 0.25) is 11.8 Å². The highest BCUT2D eigenvalue weighted by molar-refractivity contribution is 6.31. The van der Waals surface area contributed by atoms with Crippen molar-refractivity contribution in [1.29, 1.82) is 0 Å². The van der Waals surface area contributed by atoms with Crippen molar-refractivity contribution in [3.8, 4) is 5.75 Å². The van der Waals surface area contributed by atoms with E-state index in [1.54, 1.807) is 23.1 Å². The minimum Gasteiger partial charge on any atom is -0.487 e. The molecule has 3 rings (SSSR count). The first-order valence-electron chi connectivity index (χ1n) is 8.59. The molecule has 24 heavy (non-hydrogen) atoms. The maximum Gasteiger partial charge on any atom is 0.227 e. The van der Waals surface area contributed by atoms with Crippen LogP contribution in [0.2, 0.25) is 5.02 Å². The number of carbonyl (C=O) groups excluding carboxylic acids is 2. The van der Waals surface area contributed by atoms with Crippen LogP contribution in [0.1, 0.15) is 45.4 Å². The van der Waals surface area contributed by atoms with E-state index in [0.717, 1.165) is 12.8 Å². The molecule has 1 aliphatic carbocycles. The third kappa shape index (κ3) is 4.01. The standard InChI is InChI=1S/C18H23ClN2O3/c1-12-11-21(15-10-13(19)6-7-16(15)24-12)18(23)9-8-17(22)20-14-4-2-3-5-14/h6-7,10,12,14H,2-5,8-9,11H2,1H3,(H,20,22). The van der Waals surface area contributed by atoms with Gasteiger partial charge in [-0.1, -0.05) is 24.4 Å². The highest BCUT2D eigenvalue weighted by Gasteiger charge is 2.28. The van der Waals surface area contributed by atoms with E-state index in [2.05, 4.69) is 5.32 Å². The van der Waals surface area contributed by atoms with Crippen LogP contribution < -0.4 is 15.0 Å². The van der Waals surface area contributed by atoms with Crippen LogP contribution in [0.15, 0.2) is 18.2 Å². The molecule has 2 aliphatic rings. The summed E-state index contributed by atoms with van der Waals surface area (Å²) >= 11 is 6.05. The van der Waals surface area contributed by atoms with Crippen LogP contribution in [0.3, 0.4) is 0 Å². The summed E-state index contributed by atoms with van der Waals surface area (Å²) in [6.45, 7) is 2.39. The molecule has 1 N–H and O–H groups in total. The molecule has 0 bridgehead atoms. The summed E-state index contributed by atoms with van der Waals surface area (Å²) in [5, 5.41) is 3.58. The van der Waals surface area contributed by atoms with Gasteiger partial charge in [-0.25, -0.2) is 0 Å². The summed E-state index contributed by atoms with van der Waals surface area (Å²) in [5.41, 5.74) is 0.682. The molecular formula is C18H23ClN2O3. The Labute approximate surface area is 147 Å². The number of rotatable bonds is 4. The van der Waals surface area contributed by atoms with E-state index in [4.69, 9.17) is 16.3 Å². The van der Waals surface area contributed by atoms with Crippen LogP contribution in [-0.4, -0.2) is 30.5 Å². The monoisotopic (exact) mass is 350 g/mol. The Bertz CT molecular complexity index is 629. The first kappa shape index (κ1) is 17.1. The Morgan fingerprint density at radius 3 is 2.79 bits per heavy atom. The van der Waals surface area contributed by atoms with Gasteiger partial charge in [0.15, 0.2) is 0 Å². The second-order valence-electron chi connectivity index (χ2n) is 6.59. The predicted octanol–water partition coefficient (Wildman–Crippen LogP) is 3.29. The van der Waals surface area contributed by atoms with Crippen LogP contribution >= 0.6 is 11.6 Å². The van der Waals surface area contributed by atoms with Crippen molar-refractivity contribution in [2.24, 2.45) is 0 Å². The number of benzene rings is 1. The molecule has 2 amide bonds. The van der Waals surface area contributed by atoms with Crippen LogP contribution in [0, 0.1) is 0 Å². The van der Waals surface area contributed by atoms with E-state index in [-0.39, 0.29) is 36.8 Å². The molecule has 1 heterocycles. The fourth-order valence-electron chi connectivity index (χ4n) is 3.37. The zero-order chi connectivity index (χ0) is 17.1. The second kappa shape index (κ2) is 7.43. The first-order valence-corrected chi connectivity index (χ1v) is 8.96. The molecule has 6 heteroatoms. The molecule has 1 saturated carbocycles. The van der Waals surface area contributed by atoms with Crippen molar-refractivity contribution >= 4 is 29.1 Å². The number of halogens is 1. The van der Waals surface area contributed by atoms with Gasteiger partial charge in [0.25, 0.3) is 0 Å². The van der Waals surface area contributed by atoms with Gasteiger partial charge in [0.1, 0.15) is 11.9 Å². The molecule has 0 aromatic heterocycles. The number of fused-ring (bicyclic) bond motifs is 1. The summed E-state index contributed by atoms with van der Waals surface area (Å²) in [6, 6.07) is 5.55. The number of hydrogen-bond donors (Lipinski definition) is 1. The maximum absolute atomic E-state index is 12.6. The molecule has 1 fully saturated rings. The Kier molecular flexibility index (Phi) is 5.29. The van der Waals surface area contributed by atoms with Gasteiger partial charge in [-0.05, 0) is 38.0 Å². The largest absolute Gasteiger partial charge is 0.487 e. The van der Waals surface area contributed by atoms with Gasteiger partial charge in [0.05, 0.1) is 12.2 Å². The highest BCUT2D eigenvalue weighted by Crippen LogP contribution is 2.36. The summed E-state index contributed by atoms with van der Waals surface area (Å²) < 4.78 is 5.75. The zero-order valence-electron chi connectivity index (χ0n) is 13.9. The van der Waals surface area contributed by atoms with E-state index < -0.39 is 0 Å². The topological polar surface area (TPSA) is 58.6 Å². The minimum absolute atomic E-state index is 0.0390. The molecule has 130 valence electrons. The smallest absolute Gasteiger partial charge is 0.227 e. The maximum atomic E-state index is 12.6. The molecule has 1 unspecified atom stereocenters. The molecule has 1 aliphatic heterocycles. The van der Waals surface area contributed by atoms with E-state index in [9.17, 15) is 9.59 Å². The van der Waals surface area contributed by atoms with Gasteiger partial charge < -0.3 is 15.0 Å². The summed E-state index contributed by atoms with van der Waals surface area (Å²) in [7, 11) is 0. The van der Waals surface area contributed by atoms with Crippen molar-refractivity contribution in [3.63, 3.8) is 0 Å². The molecule has 0 spiro atoms. The van der Waals surface area contributed by atoms with Gasteiger partial charge in [-0.3, -0.25) is 9.59 Å². The second-order valence-corrected chi connectivity index (χ2v) is 7.03. The van der Waals surface area contributed by atoms with Crippen molar-refractivity contribution in [2.45, 2.75) is 57.6 Å². The Hall–Kier alpha value is -1.75. The third-order valence-electron chi connectivity index (χ3n) is 4.57. The number of hydrogen-bond acceptors (Lipinski definition) is 3. The number of nitrogens with zero attached hydrogens (tertiary/aromatic N) is 1. The van der Waals surface area contributed by atoms with Gasteiger partial charge in [-0.15, -0.1) is 0 Å². The normalized spacial score (nSPS) is 20.4. The lowest BCUT2D eigenvalue weighted by Gasteiger charge is -2.33. The average Bonchev–Trinajstić information content (AvgIpc) is 3.05. The number of ether oxygens (including phenoxy) is 1. The Balaban J connectivity index is 1.60. The summed E-state index contributed by atoms with van der Waals surface area (Å²) in [5.74, 6) is 0.542. The number of nitrogens with one attached hydrogen (secondary N) is 1. The molecular weight excluding hydrogens is 328 g/mol. The van der Waals surface area contributed by atoms with Gasteiger partial charge in [0, 0.05) is 23.9 Å². The lowest BCUT2D eigenvalue weighted by molar-refractivity contribution is -0.125. The number of anilines is 1. The van der Waals surface area contributed by atoms with E-state index >= 15 is 0 Å². The SMILES string of the molecule is CC1CN(C(=O)CCC(=O)NC2CCCC2)c2cc(Cl)ccc2O1. The fraction of sp³-hybridized carbons (Fsp3) is 0.556. The van der Waals surface area contributed by atoms with Crippen molar-refractivity contribution in [3.05, 3.63) is 23.2 Å². The van der Waals surface area contributed by atoms with Crippen molar-refractivity contribution in [2.75, 3.05) is 11.4 Å². The zero-order valence-corrected chi connectivity index (χ0v) is 14.6. The molecule has 1 aromatic rings. The van der Waals surface area contributed by atoms with Crippen LogP contribution in [0.5, 0.6) is 5.75 Å². The van der Waals surface area contributed by atoms with E-state index in [0.29, 0.717) is 23.0 Å². The van der Waals surface area contributed by atoms with Gasteiger partial charge in [-0.2, -0.15) is 0 Å². The molecule has 5 nitrogen and oxygen atoms in total. The lowest BCUT2D eigenvalue weighted by atomic mass is 10.1. The van der Waals surface area contributed by atoms with E-state index in [1.165, 1.54) is 12.8 Å².